The average molecular weight is 313 g/mol. The lowest BCUT2D eigenvalue weighted by Crippen LogP contribution is -2.31. The molecule has 4 nitrogen and oxygen atoms in total. The second-order valence-electron chi connectivity index (χ2n) is 5.56. The van der Waals surface area contributed by atoms with Gasteiger partial charge in [0.1, 0.15) is 4.64 Å². The molecule has 0 unspecified atom stereocenters. The molecule has 1 aromatic heterocycles. The number of para-hydroxylation sites is 1. The molecule has 2 heterocycles. The molecule has 1 atom stereocenters. The maximum absolute atomic E-state index is 12.2. The Morgan fingerprint density at radius 3 is 2.86 bits per heavy atom. The zero-order chi connectivity index (χ0) is 15.4. The van der Waals surface area contributed by atoms with Crippen molar-refractivity contribution in [1.29, 1.82) is 0 Å². The van der Waals surface area contributed by atoms with Crippen LogP contribution in [0.4, 0.5) is 5.69 Å². The van der Waals surface area contributed by atoms with Crippen LogP contribution < -0.4 is 10.2 Å². The zero-order valence-corrected chi connectivity index (χ0v) is 13.1. The molecule has 22 heavy (non-hydrogen) atoms. The highest BCUT2D eigenvalue weighted by atomic mass is 32.1. The molecule has 1 fully saturated rings. The fourth-order valence-corrected chi connectivity index (χ4v) is 3.03. The summed E-state index contributed by atoms with van der Waals surface area (Å²) in [5.41, 5.74) is 1.79. The van der Waals surface area contributed by atoms with Crippen LogP contribution in [0.1, 0.15) is 16.8 Å². The summed E-state index contributed by atoms with van der Waals surface area (Å²) < 4.78 is 0.484. The van der Waals surface area contributed by atoms with Gasteiger partial charge >= 0.3 is 0 Å². The van der Waals surface area contributed by atoms with E-state index < -0.39 is 0 Å². The monoisotopic (exact) mass is 313 g/mol. The summed E-state index contributed by atoms with van der Waals surface area (Å²) in [6.07, 6.45) is 2.82. The van der Waals surface area contributed by atoms with Crippen molar-refractivity contribution in [2.24, 2.45) is 5.92 Å². The number of hydrogen-bond acceptors (Lipinski definition) is 3. The predicted molar refractivity (Wildman–Crippen MR) is 90.7 cm³/mol. The summed E-state index contributed by atoms with van der Waals surface area (Å²) in [7, 11) is 0. The molecule has 1 aliphatic rings. The second-order valence-corrected chi connectivity index (χ2v) is 5.97. The Morgan fingerprint density at radius 1 is 1.27 bits per heavy atom. The van der Waals surface area contributed by atoms with Crippen LogP contribution in [0.5, 0.6) is 0 Å². The van der Waals surface area contributed by atoms with Gasteiger partial charge in [-0.2, -0.15) is 0 Å². The maximum atomic E-state index is 12.2. The Kier molecular flexibility index (Phi) is 4.53. The SMILES string of the molecule is O=C(NC[C@H]1CCN(c2ccccc2)C1)c1ccc[nH]c1=S. The predicted octanol–water partition coefficient (Wildman–Crippen LogP) is 3.00. The number of aromatic amines is 1. The molecule has 1 aromatic carbocycles. The minimum Gasteiger partial charge on any atom is -0.371 e. The third-order valence-electron chi connectivity index (χ3n) is 4.02. The second kappa shape index (κ2) is 6.75. The maximum Gasteiger partial charge on any atom is 0.254 e. The van der Waals surface area contributed by atoms with Gasteiger partial charge in [-0.15, -0.1) is 0 Å². The third kappa shape index (κ3) is 3.36. The van der Waals surface area contributed by atoms with Crippen molar-refractivity contribution in [3.05, 3.63) is 58.9 Å². The fraction of sp³-hybridized carbons (Fsp3) is 0.294. The summed E-state index contributed by atoms with van der Waals surface area (Å²) in [5, 5.41) is 3.00. The number of anilines is 1. The van der Waals surface area contributed by atoms with Crippen molar-refractivity contribution in [2.75, 3.05) is 24.5 Å². The van der Waals surface area contributed by atoms with E-state index in [0.29, 0.717) is 22.7 Å². The number of carbonyl (C=O) groups is 1. The Bertz CT molecular complexity index is 698. The molecule has 1 aliphatic heterocycles. The lowest BCUT2D eigenvalue weighted by Gasteiger charge is -2.18. The van der Waals surface area contributed by atoms with Crippen LogP contribution in [0.2, 0.25) is 0 Å². The molecule has 1 saturated heterocycles. The molecule has 3 rings (SSSR count). The van der Waals surface area contributed by atoms with E-state index in [2.05, 4.69) is 39.5 Å². The minimum atomic E-state index is -0.0972. The molecule has 0 radical (unpaired) electrons. The normalized spacial score (nSPS) is 17.5. The van der Waals surface area contributed by atoms with E-state index in [4.69, 9.17) is 12.2 Å². The first kappa shape index (κ1) is 14.8. The number of benzene rings is 1. The summed E-state index contributed by atoms with van der Waals surface area (Å²) in [6, 6.07) is 13.9. The number of nitrogens with one attached hydrogen (secondary N) is 2. The van der Waals surface area contributed by atoms with Crippen molar-refractivity contribution in [1.82, 2.24) is 10.3 Å². The summed E-state index contributed by atoms with van der Waals surface area (Å²) in [4.78, 5) is 17.4. The van der Waals surface area contributed by atoms with E-state index in [9.17, 15) is 4.79 Å². The standard InChI is InChI=1S/C17H19N3OS/c21-16(15-7-4-9-18-17(15)22)19-11-13-8-10-20(12-13)14-5-2-1-3-6-14/h1-7,9,13H,8,10-12H2,(H,18,22)(H,19,21)/t13-/m1/s1. The number of amides is 1. The largest absolute Gasteiger partial charge is 0.371 e. The molecule has 0 saturated carbocycles. The fourth-order valence-electron chi connectivity index (χ4n) is 2.81. The van der Waals surface area contributed by atoms with E-state index in [1.54, 1.807) is 18.3 Å². The van der Waals surface area contributed by atoms with E-state index in [0.717, 1.165) is 19.5 Å². The number of rotatable bonds is 4. The Balaban J connectivity index is 1.54. The van der Waals surface area contributed by atoms with Crippen molar-refractivity contribution in [2.45, 2.75) is 6.42 Å². The van der Waals surface area contributed by atoms with E-state index in [1.807, 2.05) is 6.07 Å². The lowest BCUT2D eigenvalue weighted by molar-refractivity contribution is 0.0947. The van der Waals surface area contributed by atoms with E-state index >= 15 is 0 Å². The number of carbonyl (C=O) groups excluding carboxylic acids is 1. The molecular weight excluding hydrogens is 294 g/mol. The van der Waals surface area contributed by atoms with Gasteiger partial charge < -0.3 is 15.2 Å². The van der Waals surface area contributed by atoms with Gasteiger partial charge in [0.25, 0.3) is 5.91 Å². The first-order chi connectivity index (χ1) is 10.7. The van der Waals surface area contributed by atoms with Crippen LogP contribution in [0.15, 0.2) is 48.7 Å². The van der Waals surface area contributed by atoms with Crippen LogP contribution >= 0.6 is 12.2 Å². The molecule has 1 amide bonds. The Hall–Kier alpha value is -2.14. The van der Waals surface area contributed by atoms with Crippen LogP contribution in [0, 0.1) is 10.6 Å². The van der Waals surface area contributed by atoms with Gasteiger partial charge in [-0.25, -0.2) is 0 Å². The van der Waals surface area contributed by atoms with Crippen LogP contribution in [0.3, 0.4) is 0 Å². The number of H-pyrrole nitrogens is 1. The van der Waals surface area contributed by atoms with Crippen LogP contribution in [-0.2, 0) is 0 Å². The van der Waals surface area contributed by atoms with Gasteiger partial charge in [-0.05, 0) is 36.6 Å². The average Bonchev–Trinajstić information content (AvgIpc) is 3.03. The van der Waals surface area contributed by atoms with Gasteiger partial charge in [-0.3, -0.25) is 4.79 Å². The van der Waals surface area contributed by atoms with Crippen molar-refractivity contribution >= 4 is 23.8 Å². The first-order valence-corrected chi connectivity index (χ1v) is 7.91. The third-order valence-corrected chi connectivity index (χ3v) is 4.36. The highest BCUT2D eigenvalue weighted by Gasteiger charge is 2.23. The molecule has 0 bridgehead atoms. The number of hydrogen-bond donors (Lipinski definition) is 2. The lowest BCUT2D eigenvalue weighted by atomic mass is 10.1. The van der Waals surface area contributed by atoms with Crippen molar-refractivity contribution < 1.29 is 4.79 Å². The summed E-state index contributed by atoms with van der Waals surface area (Å²) >= 11 is 5.14. The van der Waals surface area contributed by atoms with Crippen molar-refractivity contribution in [3.8, 4) is 0 Å². The molecule has 0 aliphatic carbocycles. The van der Waals surface area contributed by atoms with Gasteiger partial charge in [0.05, 0.1) is 5.56 Å². The first-order valence-electron chi connectivity index (χ1n) is 7.50. The van der Waals surface area contributed by atoms with Gasteiger partial charge in [0.2, 0.25) is 0 Å². The Morgan fingerprint density at radius 2 is 2.09 bits per heavy atom. The smallest absolute Gasteiger partial charge is 0.254 e. The minimum absolute atomic E-state index is 0.0972. The van der Waals surface area contributed by atoms with Crippen LogP contribution in [0.25, 0.3) is 0 Å². The highest BCUT2D eigenvalue weighted by Crippen LogP contribution is 2.22. The van der Waals surface area contributed by atoms with Gasteiger partial charge in [0.15, 0.2) is 0 Å². The molecule has 5 heteroatoms. The van der Waals surface area contributed by atoms with Gasteiger partial charge in [-0.1, -0.05) is 30.4 Å². The Labute approximate surface area is 135 Å². The summed E-state index contributed by atoms with van der Waals surface area (Å²) in [5.74, 6) is 0.380. The number of nitrogens with zero attached hydrogens (tertiary/aromatic N) is 1. The summed E-state index contributed by atoms with van der Waals surface area (Å²) in [6.45, 7) is 2.70. The molecule has 2 aromatic rings. The quantitative estimate of drug-likeness (QED) is 0.853. The highest BCUT2D eigenvalue weighted by molar-refractivity contribution is 7.71. The molecule has 2 N–H and O–H groups in total. The zero-order valence-electron chi connectivity index (χ0n) is 12.3. The van der Waals surface area contributed by atoms with Crippen LogP contribution in [-0.4, -0.2) is 30.5 Å². The van der Waals surface area contributed by atoms with Gasteiger partial charge in [0, 0.05) is 31.5 Å². The number of aromatic nitrogens is 1. The molecule has 114 valence electrons. The van der Waals surface area contributed by atoms with E-state index in [-0.39, 0.29) is 5.91 Å². The molecular formula is C17H19N3OS. The molecule has 0 spiro atoms. The van der Waals surface area contributed by atoms with Crippen molar-refractivity contribution in [3.63, 3.8) is 0 Å². The topological polar surface area (TPSA) is 48.1 Å². The number of pyridine rings is 1. The van der Waals surface area contributed by atoms with E-state index in [1.165, 1.54) is 5.69 Å².